The van der Waals surface area contributed by atoms with Gasteiger partial charge in [0.15, 0.2) is 0 Å². The zero-order valence-electron chi connectivity index (χ0n) is 1.02. The van der Waals surface area contributed by atoms with E-state index in [0.717, 1.165) is 0 Å². The summed E-state index contributed by atoms with van der Waals surface area (Å²) in [5.74, 6) is 0. The molecule has 4 heteroatoms. The van der Waals surface area contributed by atoms with Crippen LogP contribution in [0.25, 0.3) is 0 Å². The molecule has 0 atom stereocenters. The van der Waals surface area contributed by atoms with Gasteiger partial charge in [-0.2, -0.15) is 0 Å². The van der Waals surface area contributed by atoms with Gasteiger partial charge in [0.05, 0.1) is 0 Å². The van der Waals surface area contributed by atoms with Crippen LogP contribution in [-0.4, -0.2) is 85.5 Å². The first-order chi connectivity index (χ1) is 0. The van der Waals surface area contributed by atoms with Crippen LogP contribution in [0, 0.1) is 0 Å². The molecule has 0 heterocycles. The molecule has 0 bridgehead atoms. The SMILES string of the molecule is [GaH3].[GeH4].[SbH2].[TeH]. The van der Waals surface area contributed by atoms with Crippen LogP contribution in [0.3, 0.4) is 0 Å². The summed E-state index contributed by atoms with van der Waals surface area (Å²) in [6.07, 6.45) is 0. The van der Waals surface area contributed by atoms with Gasteiger partial charge in [-0.1, -0.05) is 0 Å². The quantitative estimate of drug-likeness (QED) is 0.361. The van der Waals surface area contributed by atoms with E-state index in [-0.39, 0.29) is 85.5 Å². The summed E-state index contributed by atoms with van der Waals surface area (Å²) in [4.78, 5) is 0. The van der Waals surface area contributed by atoms with Crippen molar-refractivity contribution >= 4 is 85.5 Å². The van der Waals surface area contributed by atoms with Crippen LogP contribution in [-0.2, 0) is 0 Å². The number of hydrogen-bond donors (Lipinski definition) is 0. The molecule has 0 saturated carbocycles. The Morgan fingerprint density at radius 1 is 1.00 bits per heavy atom. The van der Waals surface area contributed by atoms with Crippen LogP contribution in [0.15, 0.2) is 0 Å². The standard InChI is InChI=1S/Ga.GeH4.Sb.HTe.5H/h;1H4;;1H;;;;;. The van der Waals surface area contributed by atoms with Gasteiger partial charge < -0.3 is 0 Å². The molecule has 2 radical (unpaired) electrons. The van der Waals surface area contributed by atoms with Gasteiger partial charge in [0.1, 0.15) is 0 Å². The van der Waals surface area contributed by atoms with Gasteiger partial charge in [0.25, 0.3) is 0 Å². The minimum atomic E-state index is 0. The Labute approximate surface area is 84.1 Å². The van der Waals surface area contributed by atoms with Gasteiger partial charge in [-0.3, -0.25) is 0 Å². The first-order valence-electron chi connectivity index (χ1n) is 0. The summed E-state index contributed by atoms with van der Waals surface area (Å²) in [7, 11) is 0. The molecule has 0 aliphatic rings. The third-order valence-electron chi connectivity index (χ3n) is 0. The predicted octanol–water partition coefficient (Wildman–Crippen LogP) is -4.20. The Kier molecular flexibility index (Phi) is 125. The van der Waals surface area contributed by atoms with Gasteiger partial charge in [-0.05, 0) is 0 Å². The zero-order valence-corrected chi connectivity index (χ0v) is 6.87. The topological polar surface area (TPSA) is 0 Å². The van der Waals surface area contributed by atoms with Crippen molar-refractivity contribution in [2.75, 3.05) is 0 Å². The minimum absolute atomic E-state index is 0. The molecule has 0 aliphatic carbocycles. The third kappa shape index (κ3) is 8.84. The molecule has 0 nitrogen and oxygen atoms in total. The van der Waals surface area contributed by atoms with Crippen molar-refractivity contribution in [3.05, 3.63) is 0 Å². The van der Waals surface area contributed by atoms with E-state index in [1.165, 1.54) is 0 Å². The van der Waals surface area contributed by atoms with E-state index in [1.807, 2.05) is 0 Å². The van der Waals surface area contributed by atoms with Crippen LogP contribution >= 0.6 is 0 Å². The third-order valence-corrected chi connectivity index (χ3v) is 0. The van der Waals surface area contributed by atoms with Gasteiger partial charge in [0, 0.05) is 0 Å². The molecule has 0 fully saturated rings. The second kappa shape index (κ2) is 17.1. The molecule has 0 rings (SSSR count). The van der Waals surface area contributed by atoms with Crippen LogP contribution in [0.4, 0.5) is 0 Å². The molecule has 0 aliphatic heterocycles. The fourth-order valence-electron chi connectivity index (χ4n) is 0. The average molecular weight is 402 g/mol. The molecule has 0 aromatic carbocycles. The van der Waals surface area contributed by atoms with Crippen molar-refractivity contribution in [2.24, 2.45) is 0 Å². The van der Waals surface area contributed by atoms with Crippen LogP contribution in [0.5, 0.6) is 0 Å². The Balaban J connectivity index is 0. The van der Waals surface area contributed by atoms with Crippen molar-refractivity contribution in [3.63, 3.8) is 0 Å². The van der Waals surface area contributed by atoms with Crippen LogP contribution in [0.1, 0.15) is 0 Å². The van der Waals surface area contributed by atoms with Gasteiger partial charge >= 0.3 is 85.5 Å². The molecule has 0 unspecified atom stereocenters. The van der Waals surface area contributed by atoms with Crippen molar-refractivity contribution in [3.8, 4) is 0 Å². The molecular weight excluding hydrogens is 392 g/mol. The van der Waals surface area contributed by atoms with E-state index >= 15 is 0 Å². The van der Waals surface area contributed by atoms with E-state index in [0.29, 0.717) is 0 Å². The summed E-state index contributed by atoms with van der Waals surface area (Å²) in [5, 5.41) is 0. The second-order valence-electron chi connectivity index (χ2n) is 0. The zero-order chi connectivity index (χ0) is 0. The fourth-order valence-corrected chi connectivity index (χ4v) is 0. The van der Waals surface area contributed by atoms with Crippen LogP contribution in [0.2, 0.25) is 0 Å². The number of rotatable bonds is 0. The van der Waals surface area contributed by atoms with E-state index in [2.05, 4.69) is 0 Å². The Morgan fingerprint density at radius 3 is 1.00 bits per heavy atom. The molecule has 0 amide bonds. The van der Waals surface area contributed by atoms with E-state index < -0.39 is 0 Å². The number of hydrogen-bond acceptors (Lipinski definition) is 0. The van der Waals surface area contributed by atoms with Crippen molar-refractivity contribution in [1.29, 1.82) is 0 Å². The molecule has 0 spiro atoms. The van der Waals surface area contributed by atoms with Gasteiger partial charge in [-0.25, -0.2) is 0 Å². The average Bonchev–Trinajstić information content (AvgIpc) is 0. The summed E-state index contributed by atoms with van der Waals surface area (Å²) >= 11 is 0. The summed E-state index contributed by atoms with van der Waals surface area (Å²) in [6, 6.07) is 0. The maximum absolute atomic E-state index is 0. The van der Waals surface area contributed by atoms with Crippen molar-refractivity contribution in [1.82, 2.24) is 0 Å². The summed E-state index contributed by atoms with van der Waals surface area (Å²) < 4.78 is 0. The molecule has 0 saturated heterocycles. The molecule has 0 aromatic rings. The monoisotopic (exact) mass is 404 g/mol. The van der Waals surface area contributed by atoms with Crippen molar-refractivity contribution < 1.29 is 0 Å². The Bertz CT molecular complexity index is 8.00. The van der Waals surface area contributed by atoms with E-state index in [4.69, 9.17) is 0 Å². The van der Waals surface area contributed by atoms with E-state index in [9.17, 15) is 0 Å². The molecule has 0 N–H and O–H groups in total. The normalized spacial score (nSPS) is 0. The van der Waals surface area contributed by atoms with Gasteiger partial charge in [0.2, 0.25) is 0 Å². The molecule has 28 valence electrons. The summed E-state index contributed by atoms with van der Waals surface area (Å²) in [6.45, 7) is 0. The molecule has 4 heavy (non-hydrogen) atoms. The second-order valence-corrected chi connectivity index (χ2v) is 0. The van der Waals surface area contributed by atoms with Crippen LogP contribution < -0.4 is 0 Å². The fraction of sp³-hybridized carbons (Fsp3) is 0. The predicted molar refractivity (Wildman–Crippen MR) is 37.0 cm³/mol. The summed E-state index contributed by atoms with van der Waals surface area (Å²) in [5.41, 5.74) is 0. The first kappa shape index (κ1) is 29.3. The Hall–Kier alpha value is 2.79. The van der Waals surface area contributed by atoms with Gasteiger partial charge in [-0.15, -0.1) is 0 Å². The maximum atomic E-state index is 0. The Morgan fingerprint density at radius 2 is 1.00 bits per heavy atom. The first-order valence-corrected chi connectivity index (χ1v) is 0. The molecular formula is H10GaGeSbTe. The molecule has 0 aromatic heterocycles. The van der Waals surface area contributed by atoms with E-state index in [1.54, 1.807) is 0 Å². The van der Waals surface area contributed by atoms with Crippen molar-refractivity contribution in [2.45, 2.75) is 0 Å².